The average molecular weight is 252 g/mol. The van der Waals surface area contributed by atoms with Crippen LogP contribution in [-0.2, 0) is 14.3 Å². The van der Waals surface area contributed by atoms with Crippen LogP contribution in [0.2, 0.25) is 0 Å². The number of nitrogen functional groups attached to an aromatic ring is 1. The van der Waals surface area contributed by atoms with Gasteiger partial charge in [-0.2, -0.15) is 0 Å². The Bertz CT molecular complexity index is 576. The molecular formula is C11H12N2O5. The summed E-state index contributed by atoms with van der Waals surface area (Å²) in [5, 5.41) is 0. The van der Waals surface area contributed by atoms with Gasteiger partial charge in [0.15, 0.2) is 5.78 Å². The molecule has 1 heterocycles. The Labute approximate surface area is 102 Å². The number of ketones is 1. The molecule has 1 aliphatic heterocycles. The molecule has 0 bridgehead atoms. The number of anilines is 2. The Balaban J connectivity index is 2.23. The summed E-state index contributed by atoms with van der Waals surface area (Å²) in [7, 11) is 1.19. The maximum Gasteiger partial charge on any atom is 0.318 e. The minimum Gasteiger partial charge on any atom is -0.468 e. The van der Waals surface area contributed by atoms with Gasteiger partial charge in [-0.3, -0.25) is 19.2 Å². The van der Waals surface area contributed by atoms with Crippen LogP contribution in [0, 0.1) is 5.92 Å². The second-order valence-electron chi connectivity index (χ2n) is 4.16. The maximum atomic E-state index is 11.6. The number of esters is 1. The van der Waals surface area contributed by atoms with Crippen molar-refractivity contribution in [2.24, 2.45) is 5.92 Å². The van der Waals surface area contributed by atoms with Gasteiger partial charge in [-0.15, -0.1) is 0 Å². The molecule has 0 radical (unpaired) electrons. The number of piperidine rings is 1. The molecule has 0 aliphatic carbocycles. The highest BCUT2D eigenvalue weighted by molar-refractivity contribution is 6.01. The first-order valence-electron chi connectivity index (χ1n) is 5.41. The smallest absolute Gasteiger partial charge is 0.318 e. The number of carbonyl (C=O) groups excluding carboxylic acids is 2. The first kappa shape index (κ1) is 12.3. The first-order chi connectivity index (χ1) is 8.47. The lowest BCUT2D eigenvalue weighted by molar-refractivity contribution is -0.149. The fourth-order valence-corrected chi connectivity index (χ4v) is 2.10. The quantitative estimate of drug-likeness (QED) is 0.385. The average Bonchev–Trinajstić information content (AvgIpc) is 2.39. The largest absolute Gasteiger partial charge is 0.468 e. The molecule has 18 heavy (non-hydrogen) atoms. The van der Waals surface area contributed by atoms with Crippen LogP contribution in [0.5, 0.6) is 0 Å². The number of ether oxygens (including phenoxy) is 1. The first-order valence-corrected chi connectivity index (χ1v) is 5.41. The zero-order valence-electron chi connectivity index (χ0n) is 9.76. The van der Waals surface area contributed by atoms with Crippen LogP contribution in [0.1, 0.15) is 6.42 Å². The fourth-order valence-electron chi connectivity index (χ4n) is 2.10. The summed E-state index contributed by atoms with van der Waals surface area (Å²) in [6.45, 7) is 0.307. The van der Waals surface area contributed by atoms with E-state index in [0.717, 1.165) is 0 Å². The standard InChI is InChI=1S/C11H12N2O5/c1-18-11(17)5-4-13(3-2-6(5)14)8-7(12)9(15)10(8)16/h5H,2-4,12H2,1H3. The van der Waals surface area contributed by atoms with Gasteiger partial charge >= 0.3 is 5.97 Å². The molecule has 1 aliphatic rings. The summed E-state index contributed by atoms with van der Waals surface area (Å²) in [4.78, 5) is 46.9. The van der Waals surface area contributed by atoms with Crippen molar-refractivity contribution in [1.82, 2.24) is 0 Å². The monoisotopic (exact) mass is 252 g/mol. The Morgan fingerprint density at radius 2 is 2.00 bits per heavy atom. The Hall–Kier alpha value is -2.18. The predicted molar refractivity (Wildman–Crippen MR) is 63.1 cm³/mol. The van der Waals surface area contributed by atoms with Crippen molar-refractivity contribution in [3.8, 4) is 0 Å². The van der Waals surface area contributed by atoms with E-state index in [1.54, 1.807) is 0 Å². The molecular weight excluding hydrogens is 240 g/mol. The van der Waals surface area contributed by atoms with Gasteiger partial charge < -0.3 is 15.4 Å². The van der Waals surface area contributed by atoms with Gasteiger partial charge in [0, 0.05) is 19.5 Å². The third-order valence-corrected chi connectivity index (χ3v) is 3.14. The van der Waals surface area contributed by atoms with Crippen LogP contribution in [0.15, 0.2) is 9.59 Å². The van der Waals surface area contributed by atoms with E-state index >= 15 is 0 Å². The van der Waals surface area contributed by atoms with Crippen LogP contribution >= 0.6 is 0 Å². The summed E-state index contributed by atoms with van der Waals surface area (Å²) in [5.74, 6) is -1.79. The molecule has 1 fully saturated rings. The number of hydrogen-bond acceptors (Lipinski definition) is 7. The number of nitrogens with zero attached hydrogens (tertiary/aromatic N) is 1. The second kappa shape index (κ2) is 4.25. The minimum atomic E-state index is -0.924. The SMILES string of the molecule is COC(=O)C1CN(c2c(N)c(=O)c2=O)CCC1=O. The predicted octanol–water partition coefficient (Wildman–Crippen LogP) is -1.57. The highest BCUT2D eigenvalue weighted by Crippen LogP contribution is 2.23. The van der Waals surface area contributed by atoms with Gasteiger partial charge in [-0.1, -0.05) is 0 Å². The molecule has 7 nitrogen and oxygen atoms in total. The molecule has 2 rings (SSSR count). The molecule has 7 heteroatoms. The summed E-state index contributed by atoms with van der Waals surface area (Å²) in [5.41, 5.74) is 4.08. The van der Waals surface area contributed by atoms with Gasteiger partial charge in [0.2, 0.25) is 0 Å². The fraction of sp³-hybridized carbons (Fsp3) is 0.455. The van der Waals surface area contributed by atoms with E-state index in [4.69, 9.17) is 5.73 Å². The Kier molecular flexibility index (Phi) is 2.90. The van der Waals surface area contributed by atoms with Crippen molar-refractivity contribution in [2.45, 2.75) is 6.42 Å². The van der Waals surface area contributed by atoms with Crippen LogP contribution in [0.25, 0.3) is 0 Å². The van der Waals surface area contributed by atoms with Crippen molar-refractivity contribution in [3.63, 3.8) is 0 Å². The lowest BCUT2D eigenvalue weighted by atomic mass is 9.95. The zero-order valence-corrected chi connectivity index (χ0v) is 9.76. The number of methoxy groups -OCH3 is 1. The molecule has 1 unspecified atom stereocenters. The van der Waals surface area contributed by atoms with E-state index in [1.807, 2.05) is 0 Å². The molecule has 2 N–H and O–H groups in total. The highest BCUT2D eigenvalue weighted by Gasteiger charge is 2.36. The molecule has 1 aromatic rings. The summed E-state index contributed by atoms with van der Waals surface area (Å²) in [6, 6.07) is 0. The Morgan fingerprint density at radius 3 is 2.56 bits per heavy atom. The topological polar surface area (TPSA) is 107 Å². The molecule has 0 saturated carbocycles. The second-order valence-corrected chi connectivity index (χ2v) is 4.16. The number of rotatable bonds is 2. The Morgan fingerprint density at radius 1 is 1.33 bits per heavy atom. The van der Waals surface area contributed by atoms with E-state index in [9.17, 15) is 19.2 Å². The van der Waals surface area contributed by atoms with Crippen molar-refractivity contribution < 1.29 is 14.3 Å². The minimum absolute atomic E-state index is 0.0283. The number of hydrogen-bond donors (Lipinski definition) is 1. The van der Waals surface area contributed by atoms with Crippen molar-refractivity contribution in [1.29, 1.82) is 0 Å². The molecule has 1 saturated heterocycles. The molecule has 96 valence electrons. The highest BCUT2D eigenvalue weighted by atomic mass is 16.5. The third-order valence-electron chi connectivity index (χ3n) is 3.14. The van der Waals surface area contributed by atoms with Crippen LogP contribution in [-0.4, -0.2) is 32.0 Å². The molecule has 0 aromatic heterocycles. The lowest BCUT2D eigenvalue weighted by Gasteiger charge is -2.32. The van der Waals surface area contributed by atoms with Crippen LogP contribution in [0.4, 0.5) is 11.4 Å². The summed E-state index contributed by atoms with van der Waals surface area (Å²) >= 11 is 0. The molecule has 1 atom stereocenters. The van der Waals surface area contributed by atoms with Crippen LogP contribution in [0.3, 0.4) is 0 Å². The molecule has 0 spiro atoms. The number of nitrogens with two attached hydrogens (primary N) is 1. The number of Topliss-reactive ketones (excluding diaryl/α,β-unsaturated/α-hetero) is 1. The van der Waals surface area contributed by atoms with Gasteiger partial charge in [-0.25, -0.2) is 0 Å². The van der Waals surface area contributed by atoms with Crippen molar-refractivity contribution in [2.75, 3.05) is 30.8 Å². The van der Waals surface area contributed by atoms with E-state index in [-0.39, 0.29) is 36.7 Å². The zero-order chi connectivity index (χ0) is 13.4. The van der Waals surface area contributed by atoms with Crippen LogP contribution < -0.4 is 21.5 Å². The molecule has 0 amide bonds. The third kappa shape index (κ3) is 1.68. The van der Waals surface area contributed by atoms with Gasteiger partial charge in [0.25, 0.3) is 10.9 Å². The lowest BCUT2D eigenvalue weighted by Crippen LogP contribution is -2.50. The van der Waals surface area contributed by atoms with Gasteiger partial charge in [-0.05, 0) is 0 Å². The van der Waals surface area contributed by atoms with Crippen molar-refractivity contribution >= 4 is 23.1 Å². The van der Waals surface area contributed by atoms with E-state index < -0.39 is 22.7 Å². The van der Waals surface area contributed by atoms with E-state index in [2.05, 4.69) is 4.74 Å². The normalized spacial score (nSPS) is 20.2. The number of carbonyl (C=O) groups is 2. The molecule has 1 aromatic carbocycles. The van der Waals surface area contributed by atoms with Crippen molar-refractivity contribution in [3.05, 3.63) is 20.4 Å². The summed E-state index contributed by atoms with van der Waals surface area (Å²) in [6.07, 6.45) is 0.123. The van der Waals surface area contributed by atoms with E-state index in [0.29, 0.717) is 0 Å². The van der Waals surface area contributed by atoms with Gasteiger partial charge in [0.1, 0.15) is 17.3 Å². The summed E-state index contributed by atoms with van der Waals surface area (Å²) < 4.78 is 4.53. The van der Waals surface area contributed by atoms with E-state index in [1.165, 1.54) is 12.0 Å². The van der Waals surface area contributed by atoms with Gasteiger partial charge in [0.05, 0.1) is 7.11 Å². The maximum absolute atomic E-state index is 11.6.